The monoisotopic (exact) mass is 281 g/mol. The summed E-state index contributed by atoms with van der Waals surface area (Å²) < 4.78 is 13.5. The molecule has 0 atom stereocenters. The lowest BCUT2D eigenvalue weighted by atomic mass is 10.1. The second-order valence-electron chi connectivity index (χ2n) is 5.68. The molecular formula is C16H28FN3. The largest absolute Gasteiger partial charge is 0.353 e. The first-order valence-electron chi connectivity index (χ1n) is 7.59. The van der Waals surface area contributed by atoms with Gasteiger partial charge in [-0.1, -0.05) is 27.7 Å². The van der Waals surface area contributed by atoms with Crippen LogP contribution in [0.1, 0.15) is 46.1 Å². The van der Waals surface area contributed by atoms with Crippen molar-refractivity contribution in [2.75, 3.05) is 18.5 Å². The Morgan fingerprint density at radius 2 is 1.95 bits per heavy atom. The number of hydrogen-bond acceptors (Lipinski definition) is 3. The van der Waals surface area contributed by atoms with Crippen molar-refractivity contribution in [3.05, 3.63) is 23.6 Å². The normalized spacial score (nSPS) is 11.4. The molecule has 0 bridgehead atoms. The van der Waals surface area contributed by atoms with E-state index in [1.165, 1.54) is 6.20 Å². The third-order valence-corrected chi connectivity index (χ3v) is 3.49. The van der Waals surface area contributed by atoms with Crippen LogP contribution in [0.15, 0.2) is 12.3 Å². The van der Waals surface area contributed by atoms with Crippen LogP contribution in [-0.2, 0) is 6.54 Å². The van der Waals surface area contributed by atoms with Crippen LogP contribution in [0.2, 0.25) is 0 Å². The number of halogens is 1. The molecule has 1 N–H and O–H groups in total. The van der Waals surface area contributed by atoms with E-state index in [9.17, 15) is 4.39 Å². The average Bonchev–Trinajstić information content (AvgIpc) is 2.39. The van der Waals surface area contributed by atoms with Gasteiger partial charge in [0.25, 0.3) is 0 Å². The molecule has 1 aromatic rings. The van der Waals surface area contributed by atoms with Gasteiger partial charge >= 0.3 is 0 Å². The second kappa shape index (κ2) is 8.20. The van der Waals surface area contributed by atoms with Crippen LogP contribution in [0.3, 0.4) is 0 Å². The predicted octanol–water partition coefficient (Wildman–Crippen LogP) is 3.59. The van der Waals surface area contributed by atoms with Crippen LogP contribution >= 0.6 is 0 Å². The third-order valence-electron chi connectivity index (χ3n) is 3.49. The number of nitrogens with zero attached hydrogens (tertiary/aromatic N) is 2. The summed E-state index contributed by atoms with van der Waals surface area (Å²) in [5.41, 5.74) is 0.931. The maximum atomic E-state index is 13.5. The summed E-state index contributed by atoms with van der Waals surface area (Å²) >= 11 is 0. The zero-order chi connectivity index (χ0) is 15.1. The molecule has 0 aliphatic carbocycles. The molecule has 0 aliphatic rings. The standard InChI is InChI=1S/C16H28FN3/c1-6-15(7-2)20(11-12(3)4)16-13(9-18-5)8-14(17)10-19-16/h8,10,12,15,18H,6-7,9,11H2,1-5H3. The van der Waals surface area contributed by atoms with Crippen molar-refractivity contribution in [2.45, 2.75) is 53.1 Å². The number of hydrogen-bond donors (Lipinski definition) is 1. The van der Waals surface area contributed by atoms with E-state index in [4.69, 9.17) is 0 Å². The highest BCUT2D eigenvalue weighted by Gasteiger charge is 2.21. The van der Waals surface area contributed by atoms with E-state index in [1.54, 1.807) is 6.07 Å². The maximum absolute atomic E-state index is 13.5. The van der Waals surface area contributed by atoms with E-state index in [1.807, 2.05) is 7.05 Å². The molecule has 1 aromatic heterocycles. The Labute approximate surface area is 122 Å². The summed E-state index contributed by atoms with van der Waals surface area (Å²) in [5, 5.41) is 3.10. The third kappa shape index (κ3) is 4.44. The van der Waals surface area contributed by atoms with Crippen LogP contribution in [0, 0.1) is 11.7 Å². The van der Waals surface area contributed by atoms with Crippen molar-refractivity contribution in [1.29, 1.82) is 0 Å². The van der Waals surface area contributed by atoms with Gasteiger partial charge in [-0.05, 0) is 31.9 Å². The van der Waals surface area contributed by atoms with E-state index < -0.39 is 0 Å². The number of nitrogens with one attached hydrogen (secondary N) is 1. The number of rotatable bonds is 8. The van der Waals surface area contributed by atoms with Gasteiger partial charge in [0.15, 0.2) is 0 Å². The number of pyridine rings is 1. The first-order valence-corrected chi connectivity index (χ1v) is 7.59. The van der Waals surface area contributed by atoms with E-state index >= 15 is 0 Å². The molecule has 0 aliphatic heterocycles. The van der Waals surface area contributed by atoms with Gasteiger partial charge in [0, 0.05) is 24.7 Å². The Bertz CT molecular complexity index is 403. The van der Waals surface area contributed by atoms with Gasteiger partial charge in [0.2, 0.25) is 0 Å². The van der Waals surface area contributed by atoms with Crippen LogP contribution in [-0.4, -0.2) is 24.6 Å². The molecule has 0 aromatic carbocycles. The van der Waals surface area contributed by atoms with Crippen molar-refractivity contribution in [3.8, 4) is 0 Å². The Kier molecular flexibility index (Phi) is 6.93. The number of aromatic nitrogens is 1. The van der Waals surface area contributed by atoms with E-state index in [-0.39, 0.29) is 5.82 Å². The number of anilines is 1. The first-order chi connectivity index (χ1) is 9.53. The molecule has 114 valence electrons. The van der Waals surface area contributed by atoms with E-state index in [0.717, 1.165) is 30.8 Å². The minimum absolute atomic E-state index is 0.270. The summed E-state index contributed by atoms with van der Waals surface area (Å²) in [5.74, 6) is 1.20. The van der Waals surface area contributed by atoms with Crippen LogP contribution in [0.5, 0.6) is 0 Å². The smallest absolute Gasteiger partial charge is 0.141 e. The van der Waals surface area contributed by atoms with Gasteiger partial charge in [-0.2, -0.15) is 0 Å². The van der Waals surface area contributed by atoms with E-state index in [2.05, 4.69) is 42.9 Å². The van der Waals surface area contributed by atoms with Crippen LogP contribution < -0.4 is 10.2 Å². The fraction of sp³-hybridized carbons (Fsp3) is 0.688. The molecule has 0 saturated carbocycles. The zero-order valence-corrected chi connectivity index (χ0v) is 13.4. The molecule has 1 heterocycles. The van der Waals surface area contributed by atoms with Gasteiger partial charge in [-0.15, -0.1) is 0 Å². The van der Waals surface area contributed by atoms with Crippen molar-refractivity contribution in [1.82, 2.24) is 10.3 Å². The molecule has 20 heavy (non-hydrogen) atoms. The summed E-state index contributed by atoms with van der Waals surface area (Å²) in [6.07, 6.45) is 3.47. The molecule has 3 nitrogen and oxygen atoms in total. The molecule has 0 spiro atoms. The lowest BCUT2D eigenvalue weighted by Gasteiger charge is -2.34. The van der Waals surface area contributed by atoms with Gasteiger partial charge < -0.3 is 10.2 Å². The quantitative estimate of drug-likeness (QED) is 0.789. The van der Waals surface area contributed by atoms with Crippen LogP contribution in [0.25, 0.3) is 0 Å². The first kappa shape index (κ1) is 16.9. The Morgan fingerprint density at radius 3 is 2.45 bits per heavy atom. The Hall–Kier alpha value is -1.16. The summed E-state index contributed by atoms with van der Waals surface area (Å²) in [4.78, 5) is 6.72. The van der Waals surface area contributed by atoms with Gasteiger partial charge in [-0.3, -0.25) is 0 Å². The topological polar surface area (TPSA) is 28.2 Å². The van der Waals surface area contributed by atoms with Gasteiger partial charge in [0.1, 0.15) is 11.6 Å². The Morgan fingerprint density at radius 1 is 1.30 bits per heavy atom. The maximum Gasteiger partial charge on any atom is 0.141 e. The second-order valence-corrected chi connectivity index (χ2v) is 5.68. The van der Waals surface area contributed by atoms with Crippen LogP contribution in [0.4, 0.5) is 10.2 Å². The molecule has 0 amide bonds. The SMILES string of the molecule is CCC(CC)N(CC(C)C)c1ncc(F)cc1CNC. The molecule has 0 saturated heterocycles. The molecule has 4 heteroatoms. The molecule has 0 fully saturated rings. The van der Waals surface area contributed by atoms with Crippen molar-refractivity contribution < 1.29 is 4.39 Å². The highest BCUT2D eigenvalue weighted by atomic mass is 19.1. The van der Waals surface area contributed by atoms with Gasteiger partial charge in [-0.25, -0.2) is 9.37 Å². The molecule has 0 radical (unpaired) electrons. The highest BCUT2D eigenvalue weighted by molar-refractivity contribution is 5.48. The average molecular weight is 281 g/mol. The lowest BCUT2D eigenvalue weighted by Crippen LogP contribution is -2.39. The lowest BCUT2D eigenvalue weighted by molar-refractivity contribution is 0.500. The fourth-order valence-electron chi connectivity index (χ4n) is 2.58. The predicted molar refractivity (Wildman–Crippen MR) is 83.5 cm³/mol. The summed E-state index contributed by atoms with van der Waals surface area (Å²) in [6.45, 7) is 10.4. The Balaban J connectivity index is 3.17. The van der Waals surface area contributed by atoms with Crippen molar-refractivity contribution in [3.63, 3.8) is 0 Å². The summed E-state index contributed by atoms with van der Waals surface area (Å²) in [6, 6.07) is 2.04. The molecule has 0 unspecified atom stereocenters. The fourth-order valence-corrected chi connectivity index (χ4v) is 2.58. The van der Waals surface area contributed by atoms with Crippen molar-refractivity contribution >= 4 is 5.82 Å². The summed E-state index contributed by atoms with van der Waals surface area (Å²) in [7, 11) is 1.87. The molecular weight excluding hydrogens is 253 g/mol. The molecule has 1 rings (SSSR count). The minimum Gasteiger partial charge on any atom is -0.353 e. The highest BCUT2D eigenvalue weighted by Crippen LogP contribution is 2.24. The zero-order valence-electron chi connectivity index (χ0n) is 13.4. The van der Waals surface area contributed by atoms with Crippen molar-refractivity contribution in [2.24, 2.45) is 5.92 Å². The minimum atomic E-state index is -0.270. The van der Waals surface area contributed by atoms with Gasteiger partial charge in [0.05, 0.1) is 6.20 Å². The van der Waals surface area contributed by atoms with E-state index in [0.29, 0.717) is 18.5 Å².